The molecule has 5 heteroatoms. The summed E-state index contributed by atoms with van der Waals surface area (Å²) < 4.78 is 12.0. The van der Waals surface area contributed by atoms with Crippen molar-refractivity contribution in [3.8, 4) is 11.5 Å². The summed E-state index contributed by atoms with van der Waals surface area (Å²) in [6.45, 7) is 1.27. The van der Waals surface area contributed by atoms with E-state index in [1.165, 1.54) is 0 Å². The van der Waals surface area contributed by atoms with Crippen molar-refractivity contribution >= 4 is 27.5 Å². The van der Waals surface area contributed by atoms with E-state index in [4.69, 9.17) is 21.1 Å². The van der Waals surface area contributed by atoms with Gasteiger partial charge in [0, 0.05) is 15.9 Å². The summed E-state index contributed by atoms with van der Waals surface area (Å²) in [6.07, 6.45) is 0.101. The third kappa shape index (κ3) is 3.18. The Balaban J connectivity index is 1.94. The maximum Gasteiger partial charge on any atom is 0.161 e. The fraction of sp³-hybridized carbons (Fsp3) is 0.250. The maximum absolute atomic E-state index is 10.6. The molecule has 1 aliphatic rings. The Bertz CT molecular complexity index is 660. The van der Waals surface area contributed by atoms with Crippen LogP contribution in [0.5, 0.6) is 11.5 Å². The number of benzene rings is 2. The summed E-state index contributed by atoms with van der Waals surface area (Å²) >= 11 is 9.36. The van der Waals surface area contributed by atoms with Gasteiger partial charge in [-0.15, -0.1) is 0 Å². The molecule has 2 aromatic carbocycles. The lowest BCUT2D eigenvalue weighted by Gasteiger charge is -2.16. The van der Waals surface area contributed by atoms with Crippen molar-refractivity contribution in [2.24, 2.45) is 0 Å². The van der Waals surface area contributed by atoms with Gasteiger partial charge in [-0.3, -0.25) is 0 Å². The van der Waals surface area contributed by atoms with Crippen molar-refractivity contribution in [2.45, 2.75) is 12.5 Å². The zero-order valence-corrected chi connectivity index (χ0v) is 13.5. The van der Waals surface area contributed by atoms with Gasteiger partial charge in [-0.05, 0) is 35.4 Å². The molecule has 0 amide bonds. The molecule has 0 radical (unpaired) electrons. The normalized spacial score (nSPS) is 15.4. The van der Waals surface area contributed by atoms with Gasteiger partial charge in [-0.1, -0.05) is 39.7 Å². The van der Waals surface area contributed by atoms with E-state index < -0.39 is 6.10 Å². The molecule has 0 aromatic heterocycles. The quantitative estimate of drug-likeness (QED) is 0.855. The number of aliphatic hydroxyl groups is 1. The van der Waals surface area contributed by atoms with Gasteiger partial charge < -0.3 is 14.6 Å². The van der Waals surface area contributed by atoms with E-state index in [9.17, 15) is 5.11 Å². The lowest BCUT2D eigenvalue weighted by atomic mass is 10.0. The van der Waals surface area contributed by atoms with Crippen LogP contribution in [0.4, 0.5) is 0 Å². The highest BCUT2D eigenvalue weighted by Crippen LogP contribution is 2.36. The van der Waals surface area contributed by atoms with Crippen LogP contribution in [0.2, 0.25) is 5.02 Å². The SMILES string of the molecule is OC(c1ccc2c(c1)OCCCO2)c1ccc(Cl)cc1Br. The van der Waals surface area contributed by atoms with Crippen molar-refractivity contribution in [3.63, 3.8) is 0 Å². The molecule has 0 bridgehead atoms. The van der Waals surface area contributed by atoms with Crippen LogP contribution in [0.25, 0.3) is 0 Å². The third-order valence-electron chi connectivity index (χ3n) is 3.34. The molecule has 0 spiro atoms. The Morgan fingerprint density at radius 2 is 1.81 bits per heavy atom. The Hall–Kier alpha value is -1.23. The molecule has 1 N–H and O–H groups in total. The Labute approximate surface area is 136 Å². The van der Waals surface area contributed by atoms with Crippen LogP contribution in [0.15, 0.2) is 40.9 Å². The van der Waals surface area contributed by atoms with E-state index >= 15 is 0 Å². The number of aliphatic hydroxyl groups excluding tert-OH is 1. The minimum atomic E-state index is -0.756. The number of hydrogen-bond donors (Lipinski definition) is 1. The molecule has 21 heavy (non-hydrogen) atoms. The molecule has 2 aromatic rings. The van der Waals surface area contributed by atoms with Crippen molar-refractivity contribution in [1.29, 1.82) is 0 Å². The molecule has 1 atom stereocenters. The number of halogens is 2. The largest absolute Gasteiger partial charge is 0.490 e. The fourth-order valence-electron chi connectivity index (χ4n) is 2.25. The van der Waals surface area contributed by atoms with E-state index in [2.05, 4.69) is 15.9 Å². The predicted molar refractivity (Wildman–Crippen MR) is 85.3 cm³/mol. The highest BCUT2D eigenvalue weighted by molar-refractivity contribution is 9.10. The van der Waals surface area contributed by atoms with Gasteiger partial charge in [0.2, 0.25) is 0 Å². The lowest BCUT2D eigenvalue weighted by molar-refractivity contribution is 0.218. The molecule has 1 heterocycles. The molecule has 1 unspecified atom stereocenters. The Morgan fingerprint density at radius 3 is 2.57 bits per heavy atom. The zero-order chi connectivity index (χ0) is 14.8. The van der Waals surface area contributed by atoms with Crippen LogP contribution in [-0.4, -0.2) is 18.3 Å². The highest BCUT2D eigenvalue weighted by atomic mass is 79.9. The first-order chi connectivity index (χ1) is 10.1. The van der Waals surface area contributed by atoms with Gasteiger partial charge in [0.25, 0.3) is 0 Å². The van der Waals surface area contributed by atoms with Crippen LogP contribution >= 0.6 is 27.5 Å². The summed E-state index contributed by atoms with van der Waals surface area (Å²) in [5, 5.41) is 11.2. The monoisotopic (exact) mass is 368 g/mol. The zero-order valence-electron chi connectivity index (χ0n) is 11.2. The van der Waals surface area contributed by atoms with Gasteiger partial charge in [-0.25, -0.2) is 0 Å². The standard InChI is InChI=1S/C16H14BrClO3/c17-13-9-11(18)3-4-12(13)16(19)10-2-5-14-15(8-10)21-7-1-6-20-14/h2-5,8-9,16,19H,1,6-7H2. The molecular formula is C16H14BrClO3. The van der Waals surface area contributed by atoms with Gasteiger partial charge in [0.15, 0.2) is 11.5 Å². The van der Waals surface area contributed by atoms with Crippen LogP contribution in [0.3, 0.4) is 0 Å². The van der Waals surface area contributed by atoms with E-state index in [0.717, 1.165) is 27.8 Å². The van der Waals surface area contributed by atoms with Crippen molar-refractivity contribution in [2.75, 3.05) is 13.2 Å². The summed E-state index contributed by atoms with van der Waals surface area (Å²) in [5.74, 6) is 1.40. The molecule has 110 valence electrons. The number of hydrogen-bond acceptors (Lipinski definition) is 3. The van der Waals surface area contributed by atoms with E-state index in [-0.39, 0.29) is 0 Å². The second-order valence-electron chi connectivity index (χ2n) is 4.83. The first-order valence-electron chi connectivity index (χ1n) is 6.68. The van der Waals surface area contributed by atoms with Crippen LogP contribution < -0.4 is 9.47 Å². The molecule has 0 aliphatic carbocycles. The molecular weight excluding hydrogens is 356 g/mol. The van der Waals surface area contributed by atoms with Crippen LogP contribution in [-0.2, 0) is 0 Å². The Kier molecular flexibility index (Phi) is 4.38. The lowest BCUT2D eigenvalue weighted by Crippen LogP contribution is -2.02. The van der Waals surface area contributed by atoms with Crippen molar-refractivity contribution in [3.05, 3.63) is 57.0 Å². The molecule has 0 fully saturated rings. The van der Waals surface area contributed by atoms with Gasteiger partial charge in [0.05, 0.1) is 13.2 Å². The van der Waals surface area contributed by atoms with Crippen molar-refractivity contribution in [1.82, 2.24) is 0 Å². The molecule has 3 rings (SSSR count). The summed E-state index contributed by atoms with van der Waals surface area (Å²) in [4.78, 5) is 0. The minimum absolute atomic E-state index is 0.622. The Morgan fingerprint density at radius 1 is 1.05 bits per heavy atom. The highest BCUT2D eigenvalue weighted by Gasteiger charge is 2.17. The first kappa shape index (κ1) is 14.7. The van der Waals surface area contributed by atoms with Gasteiger partial charge >= 0.3 is 0 Å². The topological polar surface area (TPSA) is 38.7 Å². The first-order valence-corrected chi connectivity index (χ1v) is 7.85. The smallest absolute Gasteiger partial charge is 0.161 e. The van der Waals surface area contributed by atoms with Crippen molar-refractivity contribution < 1.29 is 14.6 Å². The average Bonchev–Trinajstić information content (AvgIpc) is 2.71. The summed E-state index contributed by atoms with van der Waals surface area (Å²) in [7, 11) is 0. The summed E-state index contributed by atoms with van der Waals surface area (Å²) in [6, 6.07) is 10.8. The minimum Gasteiger partial charge on any atom is -0.490 e. The summed E-state index contributed by atoms with van der Waals surface area (Å²) in [5.41, 5.74) is 1.51. The fourth-order valence-corrected chi connectivity index (χ4v) is 3.15. The molecule has 3 nitrogen and oxygen atoms in total. The maximum atomic E-state index is 10.6. The van der Waals surface area contributed by atoms with Gasteiger partial charge in [-0.2, -0.15) is 0 Å². The second-order valence-corrected chi connectivity index (χ2v) is 6.12. The van der Waals surface area contributed by atoms with E-state index in [0.29, 0.717) is 24.0 Å². The number of ether oxygens (including phenoxy) is 2. The van der Waals surface area contributed by atoms with E-state index in [1.54, 1.807) is 18.2 Å². The number of rotatable bonds is 2. The second kappa shape index (κ2) is 6.26. The predicted octanol–water partition coefficient (Wildman–Crippen LogP) is 4.35. The third-order valence-corrected chi connectivity index (χ3v) is 4.27. The van der Waals surface area contributed by atoms with Gasteiger partial charge in [0.1, 0.15) is 6.10 Å². The van der Waals surface area contributed by atoms with Crippen LogP contribution in [0.1, 0.15) is 23.7 Å². The molecule has 0 saturated carbocycles. The molecule has 1 aliphatic heterocycles. The van der Waals surface area contributed by atoms with Crippen LogP contribution in [0, 0.1) is 0 Å². The average molecular weight is 370 g/mol. The number of fused-ring (bicyclic) bond motifs is 1. The van der Waals surface area contributed by atoms with E-state index in [1.807, 2.05) is 18.2 Å². The molecule has 0 saturated heterocycles.